The van der Waals surface area contributed by atoms with Gasteiger partial charge in [-0.25, -0.2) is 0 Å². The summed E-state index contributed by atoms with van der Waals surface area (Å²) < 4.78 is 57.5. The Labute approximate surface area is 213 Å². The van der Waals surface area contributed by atoms with Crippen LogP contribution in [-0.4, -0.2) is 28.9 Å². The average Bonchev–Trinajstić information content (AvgIpc) is 3.61. The molecule has 198 valence electrons. The van der Waals surface area contributed by atoms with Crippen molar-refractivity contribution in [2.24, 2.45) is 0 Å². The van der Waals surface area contributed by atoms with Crippen LogP contribution in [0.15, 0.2) is 48.5 Å². The number of anilines is 1. The van der Waals surface area contributed by atoms with Gasteiger partial charge in [-0.1, -0.05) is 6.07 Å². The molecule has 4 rings (SSSR count). The quantitative estimate of drug-likeness (QED) is 0.310. The molecule has 1 amide bonds. The van der Waals surface area contributed by atoms with E-state index in [4.69, 9.17) is 14.2 Å². The van der Waals surface area contributed by atoms with E-state index < -0.39 is 11.9 Å². The molecule has 1 N–H and O–H groups in total. The molecule has 7 nitrogen and oxygen atoms in total. The topological polar surface area (TPSA) is 74.6 Å². The summed E-state index contributed by atoms with van der Waals surface area (Å²) in [5.41, 5.74) is 1.12. The van der Waals surface area contributed by atoms with Crippen LogP contribution in [0.1, 0.15) is 56.0 Å². The number of ether oxygens (including phenoxy) is 3. The number of nitrogens with zero attached hydrogens (tertiary/aromatic N) is 2. The van der Waals surface area contributed by atoms with Gasteiger partial charge in [0.05, 0.1) is 13.2 Å². The normalized spacial score (nSPS) is 13.3. The van der Waals surface area contributed by atoms with Gasteiger partial charge in [-0.2, -0.15) is 18.3 Å². The van der Waals surface area contributed by atoms with Gasteiger partial charge in [0.1, 0.15) is 12.4 Å². The van der Waals surface area contributed by atoms with E-state index in [-0.39, 0.29) is 24.8 Å². The third-order valence-corrected chi connectivity index (χ3v) is 5.80. The molecule has 3 aromatic rings. The zero-order valence-corrected chi connectivity index (χ0v) is 20.8. The number of carbonyl (C=O) groups excluding carboxylic acids is 1. The molecule has 1 aromatic heterocycles. The first-order valence-corrected chi connectivity index (χ1v) is 12.3. The highest BCUT2D eigenvalue weighted by Gasteiger charge is 2.37. The summed E-state index contributed by atoms with van der Waals surface area (Å²) in [6, 6.07) is 13.6. The zero-order valence-electron chi connectivity index (χ0n) is 20.8. The Morgan fingerprint density at radius 2 is 1.70 bits per heavy atom. The standard InChI is InChI=1S/C27H30F3N3O4/c1-3-35-23-12-5-18(15-24(23)36-4-2)17-37-21-10-8-20(9-11-21)31-26(34)13-14-33-22(19-6-7-19)16-25(32-33)27(28,29)30/h5,8-12,15-16,19H,3-4,6-7,13-14,17H2,1-2H3,(H,31,34). The van der Waals surface area contributed by atoms with E-state index in [1.165, 1.54) is 4.68 Å². The Morgan fingerprint density at radius 3 is 2.35 bits per heavy atom. The summed E-state index contributed by atoms with van der Waals surface area (Å²) in [7, 11) is 0. The van der Waals surface area contributed by atoms with E-state index in [1.807, 2.05) is 32.0 Å². The molecule has 10 heteroatoms. The third-order valence-electron chi connectivity index (χ3n) is 5.80. The van der Waals surface area contributed by atoms with Crippen LogP contribution in [0.2, 0.25) is 0 Å². The highest BCUT2D eigenvalue weighted by atomic mass is 19.4. The number of hydrogen-bond acceptors (Lipinski definition) is 5. The summed E-state index contributed by atoms with van der Waals surface area (Å²) in [6.45, 7) is 5.30. The van der Waals surface area contributed by atoms with Gasteiger partial charge in [-0.05, 0) is 74.7 Å². The first-order chi connectivity index (χ1) is 17.8. The Morgan fingerprint density at radius 1 is 1.00 bits per heavy atom. The van der Waals surface area contributed by atoms with Crippen LogP contribution in [0.3, 0.4) is 0 Å². The molecule has 37 heavy (non-hydrogen) atoms. The van der Waals surface area contributed by atoms with Crippen LogP contribution in [0.25, 0.3) is 0 Å². The average molecular weight is 518 g/mol. The minimum absolute atomic E-state index is 0.0108. The largest absolute Gasteiger partial charge is 0.490 e. The van der Waals surface area contributed by atoms with Gasteiger partial charge in [-0.3, -0.25) is 9.48 Å². The number of amides is 1. The summed E-state index contributed by atoms with van der Waals surface area (Å²) in [6.07, 6.45) is -2.80. The Kier molecular flexibility index (Phi) is 8.25. The molecular weight excluding hydrogens is 487 g/mol. The molecule has 1 heterocycles. The lowest BCUT2D eigenvalue weighted by Gasteiger charge is -2.13. The fourth-order valence-electron chi connectivity index (χ4n) is 3.87. The fraction of sp³-hybridized carbons (Fsp3) is 0.407. The SMILES string of the molecule is CCOc1ccc(COc2ccc(NC(=O)CCn3nc(C(F)(F)F)cc3C3CC3)cc2)cc1OCC. The molecule has 1 aliphatic rings. The second kappa shape index (κ2) is 11.6. The molecular formula is C27H30F3N3O4. The second-order valence-electron chi connectivity index (χ2n) is 8.71. The maximum atomic E-state index is 13.1. The van der Waals surface area contributed by atoms with Crippen molar-refractivity contribution in [2.45, 2.75) is 58.4 Å². The number of nitrogens with one attached hydrogen (secondary N) is 1. The predicted molar refractivity (Wildman–Crippen MR) is 132 cm³/mol. The zero-order chi connectivity index (χ0) is 26.4. The van der Waals surface area contributed by atoms with E-state index in [2.05, 4.69) is 10.4 Å². The molecule has 0 spiro atoms. The van der Waals surface area contributed by atoms with E-state index in [0.29, 0.717) is 48.5 Å². The van der Waals surface area contributed by atoms with E-state index in [9.17, 15) is 18.0 Å². The van der Waals surface area contributed by atoms with Crippen LogP contribution < -0.4 is 19.5 Å². The summed E-state index contributed by atoms with van der Waals surface area (Å²) in [5.74, 6) is 1.75. The fourth-order valence-corrected chi connectivity index (χ4v) is 3.87. The van der Waals surface area contributed by atoms with Gasteiger partial charge >= 0.3 is 6.18 Å². The maximum absolute atomic E-state index is 13.1. The van der Waals surface area contributed by atoms with Crippen LogP contribution >= 0.6 is 0 Å². The first-order valence-electron chi connectivity index (χ1n) is 12.3. The van der Waals surface area contributed by atoms with E-state index in [1.54, 1.807) is 24.3 Å². The molecule has 0 unspecified atom stereocenters. The molecule has 0 radical (unpaired) electrons. The highest BCUT2D eigenvalue weighted by molar-refractivity contribution is 5.90. The lowest BCUT2D eigenvalue weighted by Crippen LogP contribution is -2.16. The smallest absolute Gasteiger partial charge is 0.435 e. The van der Waals surface area contributed by atoms with Crippen molar-refractivity contribution in [3.05, 3.63) is 65.5 Å². The lowest BCUT2D eigenvalue weighted by molar-refractivity contribution is -0.141. The van der Waals surface area contributed by atoms with Crippen molar-refractivity contribution < 1.29 is 32.2 Å². The number of benzene rings is 2. The maximum Gasteiger partial charge on any atom is 0.435 e. The van der Waals surface area contributed by atoms with Gasteiger partial charge in [-0.15, -0.1) is 0 Å². The molecule has 0 atom stereocenters. The van der Waals surface area contributed by atoms with Gasteiger partial charge < -0.3 is 19.5 Å². The van der Waals surface area contributed by atoms with Crippen molar-refractivity contribution in [2.75, 3.05) is 18.5 Å². The van der Waals surface area contributed by atoms with Gasteiger partial charge in [0, 0.05) is 30.3 Å². The second-order valence-corrected chi connectivity index (χ2v) is 8.71. The lowest BCUT2D eigenvalue weighted by atomic mass is 10.2. The molecule has 1 fully saturated rings. The molecule has 0 saturated heterocycles. The summed E-state index contributed by atoms with van der Waals surface area (Å²) >= 11 is 0. The van der Waals surface area contributed by atoms with E-state index in [0.717, 1.165) is 24.5 Å². The Balaban J connectivity index is 1.29. The molecule has 0 bridgehead atoms. The van der Waals surface area contributed by atoms with Crippen LogP contribution in [-0.2, 0) is 24.1 Å². The summed E-state index contributed by atoms with van der Waals surface area (Å²) in [5, 5.41) is 6.45. The Hall–Kier alpha value is -3.69. The van der Waals surface area contributed by atoms with Crippen LogP contribution in [0, 0.1) is 0 Å². The summed E-state index contributed by atoms with van der Waals surface area (Å²) in [4.78, 5) is 12.4. The first kappa shape index (κ1) is 26.4. The monoisotopic (exact) mass is 517 g/mol. The van der Waals surface area contributed by atoms with Crippen molar-refractivity contribution in [3.63, 3.8) is 0 Å². The molecule has 0 aliphatic heterocycles. The number of rotatable bonds is 12. The number of hydrogen-bond donors (Lipinski definition) is 1. The number of alkyl halides is 3. The van der Waals surface area contributed by atoms with Crippen LogP contribution in [0.5, 0.6) is 17.2 Å². The minimum Gasteiger partial charge on any atom is -0.490 e. The van der Waals surface area contributed by atoms with Gasteiger partial charge in [0.25, 0.3) is 0 Å². The van der Waals surface area contributed by atoms with Gasteiger partial charge in [0.2, 0.25) is 5.91 Å². The third kappa shape index (κ3) is 7.18. The number of halogens is 3. The van der Waals surface area contributed by atoms with E-state index >= 15 is 0 Å². The number of aryl methyl sites for hydroxylation is 1. The molecule has 1 saturated carbocycles. The Bertz CT molecular complexity index is 1200. The van der Waals surface area contributed by atoms with Crippen molar-refractivity contribution >= 4 is 11.6 Å². The van der Waals surface area contributed by atoms with Crippen molar-refractivity contribution in [1.82, 2.24) is 9.78 Å². The van der Waals surface area contributed by atoms with Crippen molar-refractivity contribution in [3.8, 4) is 17.2 Å². The minimum atomic E-state index is -4.50. The van der Waals surface area contributed by atoms with Gasteiger partial charge in [0.15, 0.2) is 17.2 Å². The predicted octanol–water partition coefficient (Wildman–Crippen LogP) is 6.18. The number of aromatic nitrogens is 2. The van der Waals surface area contributed by atoms with Crippen molar-refractivity contribution in [1.29, 1.82) is 0 Å². The molecule has 2 aromatic carbocycles. The number of carbonyl (C=O) groups is 1. The van der Waals surface area contributed by atoms with Crippen LogP contribution in [0.4, 0.5) is 18.9 Å². The molecule has 1 aliphatic carbocycles. The highest BCUT2D eigenvalue weighted by Crippen LogP contribution is 2.42.